The van der Waals surface area contributed by atoms with Crippen LogP contribution in [0.5, 0.6) is 11.5 Å². The average molecular weight is 514 g/mol. The molecule has 0 bridgehead atoms. The van der Waals surface area contributed by atoms with Crippen LogP contribution in [-0.2, 0) is 11.3 Å². The fourth-order valence-corrected chi connectivity index (χ4v) is 4.64. The van der Waals surface area contributed by atoms with Crippen LogP contribution >= 0.6 is 35.0 Å². The van der Waals surface area contributed by atoms with Gasteiger partial charge in [-0.05, 0) is 55.1 Å². The fraction of sp³-hybridized carbons (Fsp3) is 0.154. The first-order chi connectivity index (χ1) is 16.4. The maximum absolute atomic E-state index is 13.0. The molecule has 1 aliphatic heterocycles. The standard InChI is InChI=1S/C26H21Cl2NO4S/c1-17-9-11-19(12-10-17)32-13-14-33-23-8-3-2-5-18(23)15-24-25(30)29(26(31)34-24)16-20-21(27)6-4-7-22(20)28/h2-12,15H,13-14,16H2,1H3/b24-15-. The number of carbonyl (C=O) groups is 2. The number of ether oxygens (including phenoxy) is 2. The molecule has 2 amide bonds. The predicted octanol–water partition coefficient (Wildman–Crippen LogP) is 7.00. The topological polar surface area (TPSA) is 55.8 Å². The Balaban J connectivity index is 1.43. The van der Waals surface area contributed by atoms with Gasteiger partial charge in [-0.25, -0.2) is 0 Å². The van der Waals surface area contributed by atoms with Crippen molar-refractivity contribution in [2.45, 2.75) is 13.5 Å². The number of thioether (sulfide) groups is 1. The Bertz CT molecular complexity index is 1220. The Morgan fingerprint density at radius 2 is 1.56 bits per heavy atom. The summed E-state index contributed by atoms with van der Waals surface area (Å²) in [7, 11) is 0. The van der Waals surface area contributed by atoms with Gasteiger partial charge in [-0.2, -0.15) is 0 Å². The Morgan fingerprint density at radius 1 is 0.882 bits per heavy atom. The highest BCUT2D eigenvalue weighted by Crippen LogP contribution is 2.36. The molecule has 1 aliphatic rings. The van der Waals surface area contributed by atoms with Crippen molar-refractivity contribution in [1.29, 1.82) is 0 Å². The summed E-state index contributed by atoms with van der Waals surface area (Å²) in [6, 6.07) is 20.2. The molecular formula is C26H21Cl2NO4S. The smallest absolute Gasteiger partial charge is 0.293 e. The summed E-state index contributed by atoms with van der Waals surface area (Å²) in [6.07, 6.45) is 1.66. The zero-order valence-corrected chi connectivity index (χ0v) is 20.6. The highest BCUT2D eigenvalue weighted by molar-refractivity contribution is 8.18. The minimum atomic E-state index is -0.400. The van der Waals surface area contributed by atoms with Crippen molar-refractivity contribution >= 4 is 52.2 Å². The second kappa shape index (κ2) is 11.0. The van der Waals surface area contributed by atoms with Crippen LogP contribution in [0.2, 0.25) is 10.0 Å². The fourth-order valence-electron chi connectivity index (χ4n) is 3.30. The monoisotopic (exact) mass is 513 g/mol. The van der Waals surface area contributed by atoms with Crippen LogP contribution < -0.4 is 9.47 Å². The molecule has 0 aromatic heterocycles. The van der Waals surface area contributed by atoms with Crippen molar-refractivity contribution in [3.8, 4) is 11.5 Å². The van der Waals surface area contributed by atoms with E-state index in [1.807, 2.05) is 55.5 Å². The Kier molecular flexibility index (Phi) is 7.83. The van der Waals surface area contributed by atoms with Crippen LogP contribution in [0.3, 0.4) is 0 Å². The van der Waals surface area contributed by atoms with E-state index in [4.69, 9.17) is 32.7 Å². The molecule has 0 N–H and O–H groups in total. The van der Waals surface area contributed by atoms with Crippen molar-refractivity contribution in [3.63, 3.8) is 0 Å². The molecule has 3 aromatic rings. The zero-order chi connectivity index (χ0) is 24.1. The molecule has 0 aliphatic carbocycles. The molecule has 1 heterocycles. The van der Waals surface area contributed by atoms with E-state index in [1.165, 1.54) is 0 Å². The van der Waals surface area contributed by atoms with Gasteiger partial charge >= 0.3 is 0 Å². The Labute approximate surface area is 212 Å². The molecule has 8 heteroatoms. The van der Waals surface area contributed by atoms with Crippen LogP contribution in [0.1, 0.15) is 16.7 Å². The van der Waals surface area contributed by atoms with Gasteiger partial charge in [0.25, 0.3) is 11.1 Å². The number of aryl methyl sites for hydroxylation is 1. The van der Waals surface area contributed by atoms with Crippen molar-refractivity contribution in [1.82, 2.24) is 4.90 Å². The highest BCUT2D eigenvalue weighted by Gasteiger charge is 2.35. The number of benzene rings is 3. The summed E-state index contributed by atoms with van der Waals surface area (Å²) in [5.74, 6) is 0.967. The number of hydrogen-bond donors (Lipinski definition) is 0. The van der Waals surface area contributed by atoms with Gasteiger partial charge in [-0.1, -0.05) is 65.2 Å². The second-order valence-electron chi connectivity index (χ2n) is 7.52. The number of hydrogen-bond acceptors (Lipinski definition) is 5. The SMILES string of the molecule is Cc1ccc(OCCOc2ccccc2/C=C2\SC(=O)N(Cc3c(Cl)cccc3Cl)C2=O)cc1. The first-order valence-electron chi connectivity index (χ1n) is 10.5. The van der Waals surface area contributed by atoms with Gasteiger partial charge in [0.2, 0.25) is 0 Å². The van der Waals surface area contributed by atoms with Crippen molar-refractivity contribution in [2.24, 2.45) is 0 Å². The van der Waals surface area contributed by atoms with E-state index in [2.05, 4.69) is 0 Å². The molecule has 4 rings (SSSR count). The lowest BCUT2D eigenvalue weighted by atomic mass is 10.1. The molecule has 0 spiro atoms. The maximum atomic E-state index is 13.0. The van der Waals surface area contributed by atoms with E-state index < -0.39 is 5.91 Å². The molecule has 0 radical (unpaired) electrons. The average Bonchev–Trinajstić information content (AvgIpc) is 3.08. The minimum Gasteiger partial charge on any atom is -0.490 e. The van der Waals surface area contributed by atoms with Gasteiger partial charge in [0.05, 0.1) is 11.4 Å². The molecule has 174 valence electrons. The highest BCUT2D eigenvalue weighted by atomic mass is 35.5. The van der Waals surface area contributed by atoms with Gasteiger partial charge in [0, 0.05) is 21.2 Å². The molecule has 5 nitrogen and oxygen atoms in total. The molecule has 0 unspecified atom stereocenters. The van der Waals surface area contributed by atoms with Crippen molar-refractivity contribution in [2.75, 3.05) is 13.2 Å². The molecule has 1 fully saturated rings. The third-order valence-electron chi connectivity index (χ3n) is 5.09. The number of carbonyl (C=O) groups excluding carboxylic acids is 2. The lowest BCUT2D eigenvalue weighted by molar-refractivity contribution is -0.123. The van der Waals surface area contributed by atoms with E-state index in [1.54, 1.807) is 24.3 Å². The third-order valence-corrected chi connectivity index (χ3v) is 6.70. The molecule has 0 atom stereocenters. The van der Waals surface area contributed by atoms with Gasteiger partial charge in [-0.3, -0.25) is 14.5 Å². The Morgan fingerprint density at radius 3 is 2.29 bits per heavy atom. The molecule has 1 saturated heterocycles. The second-order valence-corrected chi connectivity index (χ2v) is 9.32. The number of nitrogens with zero attached hydrogens (tertiary/aromatic N) is 1. The quantitative estimate of drug-likeness (QED) is 0.239. The summed E-state index contributed by atoms with van der Waals surface area (Å²) in [6.45, 7) is 2.72. The van der Waals surface area contributed by atoms with E-state index in [9.17, 15) is 9.59 Å². The van der Waals surface area contributed by atoms with Gasteiger partial charge in [0.1, 0.15) is 24.7 Å². The predicted molar refractivity (Wildman–Crippen MR) is 137 cm³/mol. The van der Waals surface area contributed by atoms with Gasteiger partial charge in [-0.15, -0.1) is 0 Å². The third kappa shape index (κ3) is 5.76. The molecule has 3 aromatic carbocycles. The van der Waals surface area contributed by atoms with Gasteiger partial charge < -0.3 is 9.47 Å². The first kappa shape index (κ1) is 24.2. The van der Waals surface area contributed by atoms with Crippen molar-refractivity contribution in [3.05, 3.63) is 98.4 Å². The van der Waals surface area contributed by atoms with E-state index >= 15 is 0 Å². The van der Waals surface area contributed by atoms with Crippen LogP contribution in [0.4, 0.5) is 4.79 Å². The van der Waals surface area contributed by atoms with E-state index in [0.29, 0.717) is 45.0 Å². The largest absolute Gasteiger partial charge is 0.490 e. The summed E-state index contributed by atoms with van der Waals surface area (Å²) in [4.78, 5) is 27.0. The van der Waals surface area contributed by atoms with E-state index in [0.717, 1.165) is 28.0 Å². The summed E-state index contributed by atoms with van der Waals surface area (Å²) < 4.78 is 11.6. The van der Waals surface area contributed by atoms with Crippen LogP contribution in [0.25, 0.3) is 6.08 Å². The maximum Gasteiger partial charge on any atom is 0.293 e. The first-order valence-corrected chi connectivity index (χ1v) is 12.1. The van der Waals surface area contributed by atoms with Crippen molar-refractivity contribution < 1.29 is 19.1 Å². The number of rotatable bonds is 8. The summed E-state index contributed by atoms with van der Waals surface area (Å²) in [5, 5.41) is 0.432. The minimum absolute atomic E-state index is 0.00894. The number of halogens is 2. The van der Waals surface area contributed by atoms with Crippen LogP contribution in [0, 0.1) is 6.92 Å². The van der Waals surface area contributed by atoms with Crippen LogP contribution in [-0.4, -0.2) is 29.3 Å². The number of imide groups is 1. The normalized spacial score (nSPS) is 14.7. The number of amides is 2. The van der Waals surface area contributed by atoms with Crippen LogP contribution in [0.15, 0.2) is 71.6 Å². The lowest BCUT2D eigenvalue weighted by Gasteiger charge is -2.14. The molecule has 34 heavy (non-hydrogen) atoms. The lowest BCUT2D eigenvalue weighted by Crippen LogP contribution is -2.27. The number of para-hydroxylation sites is 1. The Hall–Kier alpha value is -2.93. The van der Waals surface area contributed by atoms with Gasteiger partial charge in [0.15, 0.2) is 0 Å². The summed E-state index contributed by atoms with van der Waals surface area (Å²) >= 11 is 13.3. The summed E-state index contributed by atoms with van der Waals surface area (Å²) in [5.41, 5.74) is 2.39. The zero-order valence-electron chi connectivity index (χ0n) is 18.3. The molecule has 0 saturated carbocycles. The molecular weight excluding hydrogens is 493 g/mol. The van der Waals surface area contributed by atoms with E-state index in [-0.39, 0.29) is 11.8 Å².